The molecule has 35 heavy (non-hydrogen) atoms. The Bertz CT molecular complexity index is 1080. The van der Waals surface area contributed by atoms with Crippen LogP contribution in [0.5, 0.6) is 0 Å². The van der Waals surface area contributed by atoms with E-state index < -0.39 is 23.7 Å². The molecule has 0 bridgehead atoms. The fraction of sp³-hybridized carbons (Fsp3) is 0.423. The van der Waals surface area contributed by atoms with Crippen molar-refractivity contribution in [2.75, 3.05) is 38.6 Å². The lowest BCUT2D eigenvalue weighted by molar-refractivity contribution is -0.147. The highest BCUT2D eigenvalue weighted by Crippen LogP contribution is 2.29. The minimum atomic E-state index is -0.956. The summed E-state index contributed by atoms with van der Waals surface area (Å²) >= 11 is 6.03. The Hall–Kier alpha value is -3.26. The second kappa shape index (κ2) is 11.0. The maximum absolute atomic E-state index is 13.8. The normalized spacial score (nSPS) is 16.0. The molecule has 1 N–H and O–H groups in total. The van der Waals surface area contributed by atoms with Gasteiger partial charge in [-0.15, -0.1) is 0 Å². The molecule has 0 saturated carbocycles. The van der Waals surface area contributed by atoms with E-state index in [1.807, 2.05) is 31.2 Å². The summed E-state index contributed by atoms with van der Waals surface area (Å²) in [6, 6.07) is 12.0. The maximum Gasteiger partial charge on any atom is 0.410 e. The number of piperazine rings is 1. The van der Waals surface area contributed by atoms with Crippen LogP contribution < -0.4 is 5.32 Å². The Morgan fingerprint density at radius 3 is 2.31 bits per heavy atom. The van der Waals surface area contributed by atoms with Gasteiger partial charge in [0.1, 0.15) is 11.6 Å². The highest BCUT2D eigenvalue weighted by molar-refractivity contribution is 6.30. The van der Waals surface area contributed by atoms with E-state index in [1.165, 1.54) is 16.9 Å². The summed E-state index contributed by atoms with van der Waals surface area (Å²) in [5.74, 6) is -0.915. The molecule has 1 fully saturated rings. The monoisotopic (exact) mass is 501 g/mol. The molecule has 0 spiro atoms. The first kappa shape index (κ1) is 26.3. The number of carbonyl (C=O) groups excluding carboxylic acids is 3. The number of rotatable bonds is 5. The highest BCUT2D eigenvalue weighted by Gasteiger charge is 2.39. The van der Waals surface area contributed by atoms with Gasteiger partial charge in [0, 0.05) is 30.3 Å². The van der Waals surface area contributed by atoms with Crippen LogP contribution in [0, 0.1) is 0 Å². The first-order valence-electron chi connectivity index (χ1n) is 11.5. The van der Waals surface area contributed by atoms with E-state index in [0.717, 1.165) is 11.1 Å². The Morgan fingerprint density at radius 2 is 1.71 bits per heavy atom. The zero-order valence-electron chi connectivity index (χ0n) is 20.8. The Morgan fingerprint density at radius 1 is 1.06 bits per heavy atom. The summed E-state index contributed by atoms with van der Waals surface area (Å²) in [5.41, 5.74) is 2.17. The Kier molecular flexibility index (Phi) is 8.27. The van der Waals surface area contributed by atoms with Gasteiger partial charge >= 0.3 is 12.1 Å². The molecule has 1 saturated heterocycles. The molecular weight excluding hydrogens is 470 g/mol. The van der Waals surface area contributed by atoms with Gasteiger partial charge in [-0.3, -0.25) is 4.79 Å². The molecule has 0 aliphatic carbocycles. The minimum absolute atomic E-state index is 0.0132. The van der Waals surface area contributed by atoms with Gasteiger partial charge in [0.2, 0.25) is 0 Å². The third-order valence-corrected chi connectivity index (χ3v) is 5.81. The van der Waals surface area contributed by atoms with Gasteiger partial charge in [-0.1, -0.05) is 29.8 Å². The van der Waals surface area contributed by atoms with Crippen LogP contribution in [0.3, 0.4) is 0 Å². The summed E-state index contributed by atoms with van der Waals surface area (Å²) in [5, 5.41) is 3.85. The molecule has 9 heteroatoms. The summed E-state index contributed by atoms with van der Waals surface area (Å²) in [4.78, 5) is 42.0. The van der Waals surface area contributed by atoms with Crippen molar-refractivity contribution in [3.8, 4) is 11.1 Å². The molecule has 1 aliphatic heterocycles. The van der Waals surface area contributed by atoms with Crippen LogP contribution in [0.2, 0.25) is 5.02 Å². The van der Waals surface area contributed by atoms with E-state index in [0.29, 0.717) is 22.8 Å². The summed E-state index contributed by atoms with van der Waals surface area (Å²) < 4.78 is 10.4. The molecule has 2 aromatic rings. The highest BCUT2D eigenvalue weighted by atomic mass is 35.5. The molecule has 1 heterocycles. The third kappa shape index (κ3) is 6.45. The molecule has 0 aromatic heterocycles. The lowest BCUT2D eigenvalue weighted by atomic mass is 10.00. The fourth-order valence-electron chi connectivity index (χ4n) is 3.90. The van der Waals surface area contributed by atoms with Crippen LogP contribution in [0.25, 0.3) is 11.1 Å². The number of ether oxygens (including phenoxy) is 2. The zero-order valence-corrected chi connectivity index (χ0v) is 21.5. The predicted octanol–water partition coefficient (Wildman–Crippen LogP) is 4.67. The van der Waals surface area contributed by atoms with E-state index in [4.69, 9.17) is 21.1 Å². The van der Waals surface area contributed by atoms with Crippen LogP contribution in [0.15, 0.2) is 42.5 Å². The van der Waals surface area contributed by atoms with Crippen LogP contribution in [-0.4, -0.2) is 72.7 Å². The van der Waals surface area contributed by atoms with Crippen molar-refractivity contribution in [1.82, 2.24) is 9.80 Å². The van der Waals surface area contributed by atoms with E-state index >= 15 is 0 Å². The first-order valence-corrected chi connectivity index (χ1v) is 11.9. The molecule has 1 unspecified atom stereocenters. The van der Waals surface area contributed by atoms with E-state index in [1.54, 1.807) is 39.0 Å². The zero-order chi connectivity index (χ0) is 25.8. The molecule has 1 atom stereocenters. The standard InChI is InChI=1S/C26H32ClN3O5/c1-6-28-21-12-9-18(17-7-10-19(27)11-8-17)15-20(21)23(31)30-14-13-29(16-22(30)24(32)34-5)25(33)35-26(2,3)4/h7-12,15,22,28H,6,13-14,16H2,1-5H3. The van der Waals surface area contributed by atoms with Gasteiger partial charge in [-0.25, -0.2) is 9.59 Å². The second-order valence-corrected chi connectivity index (χ2v) is 9.70. The van der Waals surface area contributed by atoms with Gasteiger partial charge in [-0.2, -0.15) is 0 Å². The van der Waals surface area contributed by atoms with Crippen molar-refractivity contribution in [2.24, 2.45) is 0 Å². The lowest BCUT2D eigenvalue weighted by Crippen LogP contribution is -2.60. The van der Waals surface area contributed by atoms with Crippen LogP contribution in [0.1, 0.15) is 38.1 Å². The summed E-state index contributed by atoms with van der Waals surface area (Å²) in [6.07, 6.45) is -0.531. The molecule has 1 aliphatic rings. The average molecular weight is 502 g/mol. The SMILES string of the molecule is CCNc1ccc(-c2ccc(Cl)cc2)cc1C(=O)N1CCN(C(=O)OC(C)(C)C)CC1C(=O)OC. The molecule has 8 nitrogen and oxygen atoms in total. The second-order valence-electron chi connectivity index (χ2n) is 9.26. The lowest BCUT2D eigenvalue weighted by Gasteiger charge is -2.40. The number of nitrogens with zero attached hydrogens (tertiary/aromatic N) is 2. The number of methoxy groups -OCH3 is 1. The number of esters is 1. The van der Waals surface area contributed by atoms with Crippen molar-refractivity contribution in [3.63, 3.8) is 0 Å². The molecule has 188 valence electrons. The number of hydrogen-bond acceptors (Lipinski definition) is 6. The predicted molar refractivity (Wildman–Crippen MR) is 136 cm³/mol. The van der Waals surface area contributed by atoms with Crippen molar-refractivity contribution < 1.29 is 23.9 Å². The third-order valence-electron chi connectivity index (χ3n) is 5.56. The largest absolute Gasteiger partial charge is 0.467 e. The van der Waals surface area contributed by atoms with Crippen molar-refractivity contribution >= 4 is 35.3 Å². The Labute approximate surface area is 211 Å². The number of benzene rings is 2. The summed E-state index contributed by atoms with van der Waals surface area (Å²) in [7, 11) is 1.27. The molecule has 2 aromatic carbocycles. The number of anilines is 1. The fourth-order valence-corrected chi connectivity index (χ4v) is 4.02. The van der Waals surface area contributed by atoms with Crippen molar-refractivity contribution in [2.45, 2.75) is 39.3 Å². The minimum Gasteiger partial charge on any atom is -0.467 e. The number of carbonyl (C=O) groups is 3. The Balaban J connectivity index is 1.93. The molecular formula is C26H32ClN3O5. The first-order chi connectivity index (χ1) is 16.5. The molecule has 0 radical (unpaired) electrons. The quantitative estimate of drug-likeness (QED) is 0.599. The summed E-state index contributed by atoms with van der Waals surface area (Å²) in [6.45, 7) is 8.28. The van der Waals surface area contributed by atoms with E-state index in [-0.39, 0.29) is 25.5 Å². The molecule has 2 amide bonds. The van der Waals surface area contributed by atoms with Crippen LogP contribution in [0.4, 0.5) is 10.5 Å². The van der Waals surface area contributed by atoms with Gasteiger partial charge in [0.05, 0.1) is 19.2 Å². The van der Waals surface area contributed by atoms with Gasteiger partial charge in [0.25, 0.3) is 5.91 Å². The van der Waals surface area contributed by atoms with Crippen LogP contribution >= 0.6 is 11.6 Å². The average Bonchev–Trinajstić information content (AvgIpc) is 2.82. The van der Waals surface area contributed by atoms with Crippen molar-refractivity contribution in [3.05, 3.63) is 53.1 Å². The number of halogens is 1. The molecule has 3 rings (SSSR count). The number of nitrogens with one attached hydrogen (secondary N) is 1. The maximum atomic E-state index is 13.8. The van der Waals surface area contributed by atoms with Gasteiger partial charge < -0.3 is 24.6 Å². The number of hydrogen-bond donors (Lipinski definition) is 1. The van der Waals surface area contributed by atoms with Crippen molar-refractivity contribution in [1.29, 1.82) is 0 Å². The smallest absolute Gasteiger partial charge is 0.410 e. The van der Waals surface area contributed by atoms with E-state index in [9.17, 15) is 14.4 Å². The topological polar surface area (TPSA) is 88.2 Å². The van der Waals surface area contributed by atoms with Gasteiger partial charge in [0.15, 0.2) is 0 Å². The number of amides is 2. The van der Waals surface area contributed by atoms with Crippen LogP contribution in [-0.2, 0) is 14.3 Å². The van der Waals surface area contributed by atoms with E-state index in [2.05, 4.69) is 5.32 Å². The van der Waals surface area contributed by atoms with Gasteiger partial charge in [-0.05, 0) is 63.1 Å².